The molecule has 0 spiro atoms. The van der Waals surface area contributed by atoms with Gasteiger partial charge in [-0.25, -0.2) is 0 Å². The fraction of sp³-hybridized carbons (Fsp3) is 1.00. The van der Waals surface area contributed by atoms with Gasteiger partial charge in [0.25, 0.3) is 0 Å². The minimum absolute atomic E-state index is 0.530. The topological polar surface area (TPSA) is 0 Å². The van der Waals surface area contributed by atoms with E-state index in [9.17, 15) is 0 Å². The van der Waals surface area contributed by atoms with Gasteiger partial charge in [0.1, 0.15) is 0 Å². The number of hydrogen-bond acceptors (Lipinski definition) is 0. The van der Waals surface area contributed by atoms with Crippen LogP contribution in [0.5, 0.6) is 0 Å². The van der Waals surface area contributed by atoms with Crippen LogP contribution in [0.15, 0.2) is 0 Å². The molecule has 0 aliphatic carbocycles. The summed E-state index contributed by atoms with van der Waals surface area (Å²) in [5.41, 5.74) is 0. The molecule has 126 valence electrons. The Kier molecular flexibility index (Phi) is 23.4. The number of nitrogens with zero attached hydrogens (tertiary/aromatic N) is 1. The van der Waals surface area contributed by atoms with E-state index in [2.05, 4.69) is 64.9 Å². The quantitative estimate of drug-likeness (QED) is 0.230. The number of hydrogen-bond donors (Lipinski definition) is 0. The molecule has 0 rings (SSSR count). The molecule has 0 bridgehead atoms. The molecule has 0 amide bonds. The van der Waals surface area contributed by atoms with Gasteiger partial charge in [0.05, 0.1) is 26.2 Å². The van der Waals surface area contributed by atoms with Gasteiger partial charge in [0, 0.05) is 0 Å². The summed E-state index contributed by atoms with van der Waals surface area (Å²) < 4.78 is 1.42. The second kappa shape index (κ2) is 19.2. The van der Waals surface area contributed by atoms with Crippen molar-refractivity contribution >= 4 is 37.2 Å². The third kappa shape index (κ3) is 15.1. The van der Waals surface area contributed by atoms with Gasteiger partial charge in [0.15, 0.2) is 0 Å². The van der Waals surface area contributed by atoms with Crippen LogP contribution >= 0.6 is 37.2 Å². The first-order valence-corrected chi connectivity index (χ1v) is 21.0. The van der Waals surface area contributed by atoms with Crippen molar-refractivity contribution in [3.05, 3.63) is 0 Å². The number of halogens is 3. The van der Waals surface area contributed by atoms with E-state index < -0.39 is 0 Å². The van der Waals surface area contributed by atoms with Crippen LogP contribution in [0.3, 0.4) is 0 Å². The SMILES string of the molecule is CCCC[N+](CCCC)(CCCC)CCCC.I[I-]I. The summed E-state index contributed by atoms with van der Waals surface area (Å²) in [5, 5.41) is 0. The average molecular weight is 623 g/mol. The molecule has 0 aromatic rings. The fourth-order valence-electron chi connectivity index (χ4n) is 2.64. The Hall–Kier alpha value is 2.15. The monoisotopic (exact) mass is 623 g/mol. The predicted molar refractivity (Wildman–Crippen MR) is 107 cm³/mol. The Bertz CT molecular complexity index is 140. The van der Waals surface area contributed by atoms with Crippen molar-refractivity contribution in [1.29, 1.82) is 0 Å². The van der Waals surface area contributed by atoms with Crippen LogP contribution in [0.2, 0.25) is 0 Å². The molecule has 0 aromatic carbocycles. The van der Waals surface area contributed by atoms with Crippen LogP contribution in [-0.4, -0.2) is 30.7 Å². The molecule has 0 N–H and O–H groups in total. The first-order chi connectivity index (χ1) is 9.66. The molecule has 0 saturated carbocycles. The molecule has 0 aliphatic rings. The molecule has 0 radical (unpaired) electrons. The molecule has 4 heteroatoms. The van der Waals surface area contributed by atoms with Crippen molar-refractivity contribution in [3.8, 4) is 0 Å². The van der Waals surface area contributed by atoms with Gasteiger partial charge in [-0.2, -0.15) is 0 Å². The molecule has 0 aliphatic heterocycles. The number of unbranched alkanes of at least 4 members (excludes halogenated alkanes) is 4. The maximum atomic E-state index is 2.39. The van der Waals surface area contributed by atoms with E-state index in [0.717, 1.165) is 0 Å². The van der Waals surface area contributed by atoms with Crippen LogP contribution in [-0.2, 0) is 0 Å². The van der Waals surface area contributed by atoms with Gasteiger partial charge in [-0.15, -0.1) is 0 Å². The summed E-state index contributed by atoms with van der Waals surface area (Å²) >= 11 is 5.30. The van der Waals surface area contributed by atoms with Crippen LogP contribution in [0.25, 0.3) is 0 Å². The van der Waals surface area contributed by atoms with E-state index in [4.69, 9.17) is 0 Å². The van der Waals surface area contributed by atoms with Crippen molar-refractivity contribution < 1.29 is 17.7 Å². The van der Waals surface area contributed by atoms with Gasteiger partial charge in [-0.1, -0.05) is 53.4 Å². The molecule has 0 aromatic heterocycles. The third-order valence-corrected chi connectivity index (χ3v) is 3.94. The second-order valence-electron chi connectivity index (χ2n) is 5.70. The normalized spacial score (nSPS) is 11.3. The van der Waals surface area contributed by atoms with Crippen molar-refractivity contribution in [1.82, 2.24) is 0 Å². The summed E-state index contributed by atoms with van der Waals surface area (Å²) in [6.07, 6.45) is 11.1. The summed E-state index contributed by atoms with van der Waals surface area (Å²) in [6, 6.07) is 0. The predicted octanol–water partition coefficient (Wildman–Crippen LogP) is 3.78. The zero-order valence-electron chi connectivity index (χ0n) is 14.1. The molecule has 1 nitrogen and oxygen atoms in total. The average Bonchev–Trinajstić information content (AvgIpc) is 2.46. The molecule has 0 heterocycles. The standard InChI is InChI=1S/C16H36N.I3/c1-5-9-13-17(14-10-6-2,15-11-7-3)16-12-8-4;1-3-2/h5-16H2,1-4H3;/q+1;-1. The zero-order chi connectivity index (χ0) is 15.7. The van der Waals surface area contributed by atoms with Crippen LogP contribution in [0.1, 0.15) is 79.1 Å². The Morgan fingerprint density at radius 1 is 0.600 bits per heavy atom. The maximum absolute atomic E-state index is 2.39. The van der Waals surface area contributed by atoms with Crippen LogP contribution in [0.4, 0.5) is 0 Å². The van der Waals surface area contributed by atoms with Gasteiger partial charge in [0.2, 0.25) is 0 Å². The van der Waals surface area contributed by atoms with E-state index in [1.165, 1.54) is 82.0 Å². The van der Waals surface area contributed by atoms with Gasteiger partial charge < -0.3 is 4.48 Å². The van der Waals surface area contributed by atoms with Gasteiger partial charge in [-0.05, 0) is 25.7 Å². The zero-order valence-corrected chi connectivity index (χ0v) is 20.5. The molecule has 20 heavy (non-hydrogen) atoms. The Balaban J connectivity index is 0. The van der Waals surface area contributed by atoms with Gasteiger partial charge >= 0.3 is 50.5 Å². The second-order valence-corrected chi connectivity index (χ2v) is 21.9. The number of quaternary nitrogens is 1. The molecular weight excluding hydrogens is 587 g/mol. The molecule has 0 unspecified atom stereocenters. The van der Waals surface area contributed by atoms with Crippen LogP contribution in [0, 0.1) is 0 Å². The Morgan fingerprint density at radius 3 is 0.950 bits per heavy atom. The van der Waals surface area contributed by atoms with E-state index >= 15 is 0 Å². The molecule has 0 atom stereocenters. The summed E-state index contributed by atoms with van der Waals surface area (Å²) in [6.45, 7) is 15.0. The molecule has 0 saturated heterocycles. The van der Waals surface area contributed by atoms with Crippen molar-refractivity contribution in [2.45, 2.75) is 79.1 Å². The summed E-state index contributed by atoms with van der Waals surface area (Å²) in [7, 11) is 0. The van der Waals surface area contributed by atoms with Crippen molar-refractivity contribution in [3.63, 3.8) is 0 Å². The summed E-state index contributed by atoms with van der Waals surface area (Å²) in [4.78, 5) is 0. The first kappa shape index (κ1) is 24.4. The van der Waals surface area contributed by atoms with Gasteiger partial charge in [-0.3, -0.25) is 0 Å². The Labute approximate surface area is 158 Å². The first-order valence-electron chi connectivity index (χ1n) is 8.38. The van der Waals surface area contributed by atoms with E-state index in [1.54, 1.807) is 0 Å². The number of rotatable bonds is 12. The van der Waals surface area contributed by atoms with E-state index in [1.807, 2.05) is 0 Å². The molecule has 0 fully saturated rings. The molecular formula is C16H36I3N. The van der Waals surface area contributed by atoms with Crippen LogP contribution < -0.4 is 13.3 Å². The third-order valence-electron chi connectivity index (χ3n) is 3.94. The fourth-order valence-corrected chi connectivity index (χ4v) is 2.64. The summed E-state index contributed by atoms with van der Waals surface area (Å²) in [5.74, 6) is 0. The van der Waals surface area contributed by atoms with Crippen molar-refractivity contribution in [2.75, 3.05) is 26.2 Å². The Morgan fingerprint density at radius 2 is 0.800 bits per heavy atom. The van der Waals surface area contributed by atoms with Crippen molar-refractivity contribution in [2.24, 2.45) is 0 Å². The van der Waals surface area contributed by atoms with E-state index in [-0.39, 0.29) is 0 Å². The minimum atomic E-state index is 0.530. The van der Waals surface area contributed by atoms with E-state index in [0.29, 0.717) is 13.3 Å².